The number of hydrogen-bond acceptors (Lipinski definition) is 13. The van der Waals surface area contributed by atoms with Crippen molar-refractivity contribution < 1.29 is 43.6 Å². The largest absolute Gasteiger partial charge is 0.508 e. The monoisotopic (exact) mass is 1060 g/mol. The number of rotatable bonds is 13. The Balaban J connectivity index is 0.675. The zero-order valence-corrected chi connectivity index (χ0v) is 44.1. The molecular formula is C59H61FN8O10. The molecule has 1 unspecified atom stereocenters. The molecule has 404 valence electrons. The molecular weight excluding hydrogens is 1000 g/mol. The van der Waals surface area contributed by atoms with Gasteiger partial charge in [0.15, 0.2) is 18.0 Å². The molecule has 2 amide bonds. The van der Waals surface area contributed by atoms with Crippen LogP contribution in [0.15, 0.2) is 82.4 Å². The molecule has 5 N–H and O–H groups in total. The molecule has 3 aliphatic heterocycles. The Bertz CT molecular complexity index is 3690. The standard InChI is InChI=1S/C59H61FN8O10/c1-6-59(76)43-23-47-53-41(28-67(47)55(72)42(43)29-77-56(59)73)52-45(16-15-38-32(4)44(60)24-46(62-53)51(38)52)61-50(71)30-78-58(75)66-19-17-34(18-20-66)21-33-7-9-35(10-8-33)26-65(5)27-36-11-13-37(14-12-36)68-54(63-64-57(68)74)40-22-39(31(2)3)48(69)25-49(40)70/h7-14,22-25,31,34,45,69-70,76H,6,15-21,26-30H2,1-5H3,(H,61,71)(H,64,74)/t45?,59-/m0/s1. The molecule has 0 radical (unpaired) electrons. The first-order valence-electron chi connectivity index (χ1n) is 26.5. The topological polar surface area (TPSA) is 234 Å². The lowest BCUT2D eigenvalue weighted by Crippen LogP contribution is -2.44. The summed E-state index contributed by atoms with van der Waals surface area (Å²) in [7, 11) is 2.04. The average molecular weight is 1060 g/mol. The number of nitrogens with zero attached hydrogens (tertiary/aromatic N) is 6. The smallest absolute Gasteiger partial charge is 0.410 e. The van der Waals surface area contributed by atoms with E-state index in [1.807, 2.05) is 45.2 Å². The van der Waals surface area contributed by atoms with Crippen molar-refractivity contribution in [3.05, 3.63) is 155 Å². The first-order valence-corrected chi connectivity index (χ1v) is 26.5. The van der Waals surface area contributed by atoms with E-state index in [1.54, 1.807) is 30.9 Å². The highest BCUT2D eigenvalue weighted by Crippen LogP contribution is 2.46. The Kier molecular flexibility index (Phi) is 13.5. The Hall–Kier alpha value is -8.16. The molecule has 6 heterocycles. The van der Waals surface area contributed by atoms with E-state index in [-0.39, 0.29) is 53.9 Å². The number of cyclic esters (lactones) is 1. The Morgan fingerprint density at radius 2 is 1.63 bits per heavy atom. The summed E-state index contributed by atoms with van der Waals surface area (Å²) in [5.41, 5.74) is 6.16. The summed E-state index contributed by atoms with van der Waals surface area (Å²) in [5.74, 6) is -1.40. The molecule has 11 rings (SSSR count). The fourth-order valence-electron chi connectivity index (χ4n) is 12.0. The van der Waals surface area contributed by atoms with Crippen LogP contribution in [0.3, 0.4) is 0 Å². The minimum atomic E-state index is -2.02. The second-order valence-corrected chi connectivity index (χ2v) is 21.6. The number of carbonyl (C=O) groups excluding carboxylic acids is 3. The van der Waals surface area contributed by atoms with Gasteiger partial charge in [0.05, 0.1) is 46.3 Å². The van der Waals surface area contributed by atoms with Crippen molar-refractivity contribution in [3.8, 4) is 40.0 Å². The Morgan fingerprint density at radius 3 is 2.32 bits per heavy atom. The van der Waals surface area contributed by atoms with Gasteiger partial charge in [0.2, 0.25) is 0 Å². The molecule has 2 atom stereocenters. The lowest BCUT2D eigenvalue weighted by molar-refractivity contribution is -0.172. The second kappa shape index (κ2) is 20.3. The number of piperidine rings is 1. The molecule has 1 fully saturated rings. The molecule has 3 aromatic heterocycles. The number of hydrogen-bond donors (Lipinski definition) is 5. The highest BCUT2D eigenvalue weighted by atomic mass is 19.1. The molecule has 18 nitrogen and oxygen atoms in total. The van der Waals surface area contributed by atoms with Gasteiger partial charge in [-0.15, -0.1) is 0 Å². The number of aromatic hydroxyl groups is 2. The zero-order valence-electron chi connectivity index (χ0n) is 44.1. The molecule has 19 heteroatoms. The Labute approximate surface area is 448 Å². The highest BCUT2D eigenvalue weighted by molar-refractivity contribution is 5.94. The lowest BCUT2D eigenvalue weighted by Gasteiger charge is -2.32. The number of ether oxygens (including phenoxy) is 2. The summed E-state index contributed by atoms with van der Waals surface area (Å²) >= 11 is 0. The van der Waals surface area contributed by atoms with Crippen LogP contribution in [0.1, 0.15) is 114 Å². The first kappa shape index (κ1) is 51.9. The molecule has 7 aromatic rings. The number of esters is 1. The summed E-state index contributed by atoms with van der Waals surface area (Å²) in [6.07, 6.45) is 2.71. The average Bonchev–Trinajstić information content (AvgIpc) is 4.11. The third-order valence-corrected chi connectivity index (χ3v) is 16.2. The minimum Gasteiger partial charge on any atom is -0.508 e. The van der Waals surface area contributed by atoms with Crippen molar-refractivity contribution in [2.45, 2.75) is 110 Å². The van der Waals surface area contributed by atoms with E-state index in [1.165, 1.54) is 26.8 Å². The molecule has 4 aromatic carbocycles. The number of aryl methyl sites for hydroxylation is 1. The third-order valence-electron chi connectivity index (χ3n) is 16.2. The zero-order chi connectivity index (χ0) is 54.9. The number of aliphatic hydroxyl groups is 1. The van der Waals surface area contributed by atoms with E-state index in [9.17, 15) is 39.3 Å². The number of halogens is 1. The van der Waals surface area contributed by atoms with Crippen LogP contribution in [0.5, 0.6) is 11.5 Å². The number of pyridine rings is 2. The predicted molar refractivity (Wildman–Crippen MR) is 286 cm³/mol. The summed E-state index contributed by atoms with van der Waals surface area (Å²) in [5, 5.41) is 42.9. The second-order valence-electron chi connectivity index (χ2n) is 21.6. The minimum absolute atomic E-state index is 0.0169. The summed E-state index contributed by atoms with van der Waals surface area (Å²) in [4.78, 5) is 75.4. The number of carbonyl (C=O) groups is 3. The molecule has 0 bridgehead atoms. The fraction of sp³-hybridized carbons (Fsp3) is 0.373. The van der Waals surface area contributed by atoms with Crippen LogP contribution >= 0.6 is 0 Å². The fourth-order valence-corrected chi connectivity index (χ4v) is 12.0. The molecule has 78 heavy (non-hydrogen) atoms. The van der Waals surface area contributed by atoms with Crippen LogP contribution in [0.4, 0.5) is 9.18 Å². The van der Waals surface area contributed by atoms with Gasteiger partial charge in [-0.05, 0) is 128 Å². The van der Waals surface area contributed by atoms with Crippen molar-refractivity contribution >= 4 is 28.9 Å². The van der Waals surface area contributed by atoms with Crippen LogP contribution < -0.4 is 16.6 Å². The quantitative estimate of drug-likeness (QED) is 0.0708. The van der Waals surface area contributed by atoms with Gasteiger partial charge in [-0.1, -0.05) is 57.2 Å². The lowest BCUT2D eigenvalue weighted by atomic mass is 9.81. The van der Waals surface area contributed by atoms with Gasteiger partial charge in [0.1, 0.15) is 23.9 Å². The number of fused-ring (bicyclic) bond motifs is 5. The van der Waals surface area contributed by atoms with Crippen LogP contribution in [-0.2, 0) is 63.7 Å². The van der Waals surface area contributed by atoms with E-state index >= 15 is 4.39 Å². The number of aromatic nitrogens is 5. The maximum atomic E-state index is 15.4. The van der Waals surface area contributed by atoms with Crippen LogP contribution in [-0.4, -0.2) is 94.1 Å². The molecule has 4 aliphatic rings. The summed E-state index contributed by atoms with van der Waals surface area (Å²) < 4.78 is 29.2. The highest BCUT2D eigenvalue weighted by Gasteiger charge is 2.46. The molecule has 1 saturated heterocycles. The number of aromatic amines is 1. The molecule has 0 spiro atoms. The van der Waals surface area contributed by atoms with E-state index in [4.69, 9.17) is 14.5 Å². The van der Waals surface area contributed by atoms with Crippen molar-refractivity contribution in [1.82, 2.24) is 39.4 Å². The summed E-state index contributed by atoms with van der Waals surface area (Å²) in [6, 6.07) is 21.5. The van der Waals surface area contributed by atoms with Gasteiger partial charge in [0.25, 0.3) is 11.5 Å². The maximum absolute atomic E-state index is 15.4. The normalized spacial score (nSPS) is 17.8. The van der Waals surface area contributed by atoms with Gasteiger partial charge in [-0.3, -0.25) is 14.5 Å². The van der Waals surface area contributed by atoms with Gasteiger partial charge in [-0.25, -0.2) is 33.4 Å². The number of phenols is 2. The van der Waals surface area contributed by atoms with Gasteiger partial charge in [0, 0.05) is 54.8 Å². The number of H-pyrrole nitrogens is 1. The number of nitrogens with one attached hydrogen (secondary N) is 2. The van der Waals surface area contributed by atoms with E-state index in [2.05, 4.69) is 44.7 Å². The van der Waals surface area contributed by atoms with Crippen molar-refractivity contribution in [1.29, 1.82) is 0 Å². The number of amides is 2. The van der Waals surface area contributed by atoms with E-state index in [0.717, 1.165) is 36.0 Å². The van der Waals surface area contributed by atoms with Gasteiger partial charge >= 0.3 is 17.8 Å². The molecule has 1 aliphatic carbocycles. The predicted octanol–water partition coefficient (Wildman–Crippen LogP) is 7.43. The van der Waals surface area contributed by atoms with Crippen molar-refractivity contribution in [2.24, 2.45) is 5.92 Å². The van der Waals surface area contributed by atoms with Gasteiger partial charge in [-0.2, -0.15) is 5.10 Å². The number of benzene rings is 4. The summed E-state index contributed by atoms with van der Waals surface area (Å²) in [6.45, 7) is 8.87. The van der Waals surface area contributed by atoms with E-state index in [0.29, 0.717) is 101 Å². The number of phenolic OH excluding ortho intramolecular Hbond substituents is 2. The first-order chi connectivity index (χ1) is 37.4. The Morgan fingerprint density at radius 1 is 0.936 bits per heavy atom. The van der Waals surface area contributed by atoms with Gasteiger partial charge < -0.3 is 39.6 Å². The third kappa shape index (κ3) is 9.27. The van der Waals surface area contributed by atoms with Crippen LogP contribution in [0, 0.1) is 18.7 Å². The number of likely N-dealkylation sites (tertiary alicyclic amines) is 1. The maximum Gasteiger partial charge on any atom is 0.410 e. The van der Waals surface area contributed by atoms with Crippen LogP contribution in [0.25, 0.3) is 39.4 Å². The van der Waals surface area contributed by atoms with E-state index < -0.39 is 53.3 Å². The molecule has 0 saturated carbocycles. The van der Waals surface area contributed by atoms with Crippen LogP contribution in [0.2, 0.25) is 0 Å². The SMILES string of the molecule is CC[C@@]1(O)C(=O)OCc2c1cc1n(c2=O)Cc2c-1nc1cc(F)c(C)c3c1c2C(NC(=O)COC(=O)N1CCC(Cc2ccc(CN(C)Cc4ccc(-n5c(-c6cc(C(C)C)c(O)cc6O)n[nH]c5=O)cc4)cc2)CC1)CC3. The van der Waals surface area contributed by atoms with Crippen molar-refractivity contribution in [3.63, 3.8) is 0 Å². The van der Waals surface area contributed by atoms with Crippen molar-refractivity contribution in [2.75, 3.05) is 26.7 Å².